The molecule has 1 aliphatic heterocycles. The molecule has 2 heterocycles. The van der Waals surface area contributed by atoms with E-state index in [2.05, 4.69) is 10.7 Å². The molecule has 4 rings (SSSR count). The van der Waals surface area contributed by atoms with Gasteiger partial charge in [0.1, 0.15) is 5.54 Å². The van der Waals surface area contributed by atoms with Gasteiger partial charge in [0.05, 0.1) is 5.52 Å². The van der Waals surface area contributed by atoms with Crippen LogP contribution < -0.4 is 16.5 Å². The lowest BCUT2D eigenvalue weighted by molar-refractivity contribution is -0.139. The van der Waals surface area contributed by atoms with Gasteiger partial charge in [-0.25, -0.2) is 9.59 Å². The van der Waals surface area contributed by atoms with Crippen molar-refractivity contribution in [3.8, 4) is 0 Å². The number of carbonyl (C=O) groups excluding carboxylic acids is 3. The minimum Gasteiger partial charge on any atom is -0.408 e. The monoisotopic (exact) mass is 408 g/mol. The second kappa shape index (κ2) is 7.51. The Balaban J connectivity index is 1.48. The standard InChI is InChI=1S/C21H20N4O5/c1-2-21(14-8-4-3-5-9-14)18(27)25(19(28)22-21)23-17(26)12-13-24-15-10-6-7-11-16(15)30-20(24)29/h3-11H,2,12-13H2,1H3,(H,22,28)(H,23,26)/t21-/m0/s1. The molecule has 30 heavy (non-hydrogen) atoms. The van der Waals surface area contributed by atoms with Crippen LogP contribution in [0.5, 0.6) is 0 Å². The summed E-state index contributed by atoms with van der Waals surface area (Å²) in [4.78, 5) is 49.9. The van der Waals surface area contributed by atoms with Crippen LogP contribution in [-0.2, 0) is 21.7 Å². The van der Waals surface area contributed by atoms with Crippen molar-refractivity contribution in [1.29, 1.82) is 0 Å². The highest BCUT2D eigenvalue weighted by atomic mass is 16.4. The van der Waals surface area contributed by atoms with E-state index in [1.165, 1.54) is 4.57 Å². The second-order valence-corrected chi connectivity index (χ2v) is 6.97. The van der Waals surface area contributed by atoms with Crippen LogP contribution in [0.4, 0.5) is 4.79 Å². The Hall–Kier alpha value is -3.88. The maximum Gasteiger partial charge on any atom is 0.419 e. The summed E-state index contributed by atoms with van der Waals surface area (Å²) in [5.74, 6) is -1.70. The van der Waals surface area contributed by atoms with Crippen LogP contribution in [0, 0.1) is 0 Å². The number of hydrogen-bond acceptors (Lipinski definition) is 5. The molecule has 154 valence electrons. The molecule has 0 bridgehead atoms. The molecule has 0 spiro atoms. The number of hydrazine groups is 1. The minimum atomic E-state index is -1.23. The van der Waals surface area contributed by atoms with Crippen molar-refractivity contribution >= 4 is 28.9 Å². The topological polar surface area (TPSA) is 114 Å². The molecule has 2 N–H and O–H groups in total. The number of imide groups is 1. The molecule has 1 atom stereocenters. The van der Waals surface area contributed by atoms with E-state index in [1.54, 1.807) is 55.5 Å². The molecule has 1 fully saturated rings. The summed E-state index contributed by atoms with van der Waals surface area (Å²) in [5.41, 5.74) is 2.75. The number of nitrogens with one attached hydrogen (secondary N) is 2. The van der Waals surface area contributed by atoms with Crippen molar-refractivity contribution in [2.45, 2.75) is 31.8 Å². The number of nitrogens with zero attached hydrogens (tertiary/aromatic N) is 2. The molecule has 9 heteroatoms. The third kappa shape index (κ3) is 3.14. The number of fused-ring (bicyclic) bond motifs is 1. The quantitative estimate of drug-likeness (QED) is 0.605. The Morgan fingerprint density at radius 1 is 1.07 bits per heavy atom. The largest absolute Gasteiger partial charge is 0.419 e. The number of urea groups is 1. The zero-order chi connectivity index (χ0) is 21.3. The van der Waals surface area contributed by atoms with Crippen LogP contribution in [0.2, 0.25) is 0 Å². The molecule has 4 amide bonds. The van der Waals surface area contributed by atoms with Gasteiger partial charge in [-0.2, -0.15) is 5.01 Å². The minimum absolute atomic E-state index is 0.0446. The number of aryl methyl sites for hydroxylation is 1. The highest BCUT2D eigenvalue weighted by molar-refractivity contribution is 6.08. The molecule has 9 nitrogen and oxygen atoms in total. The molecule has 3 aromatic rings. The molecule has 0 aliphatic carbocycles. The summed E-state index contributed by atoms with van der Waals surface area (Å²) in [7, 11) is 0. The van der Waals surface area contributed by atoms with Gasteiger partial charge >= 0.3 is 11.8 Å². The van der Waals surface area contributed by atoms with Crippen molar-refractivity contribution in [3.05, 3.63) is 70.7 Å². The summed E-state index contributed by atoms with van der Waals surface area (Å²) in [6.07, 6.45) is 0.204. The van der Waals surface area contributed by atoms with Gasteiger partial charge in [-0.05, 0) is 24.1 Å². The molecular weight excluding hydrogens is 388 g/mol. The Bertz CT molecular complexity index is 1180. The normalized spacial score (nSPS) is 18.6. The highest BCUT2D eigenvalue weighted by Crippen LogP contribution is 2.31. The summed E-state index contributed by atoms with van der Waals surface area (Å²) < 4.78 is 6.47. The summed E-state index contributed by atoms with van der Waals surface area (Å²) in [6.45, 7) is 1.83. The molecule has 1 aromatic heterocycles. The molecule has 0 saturated carbocycles. The number of rotatable bonds is 6. The van der Waals surface area contributed by atoms with Gasteiger partial charge in [0, 0.05) is 13.0 Å². The first-order valence-corrected chi connectivity index (χ1v) is 9.56. The maximum atomic E-state index is 13.0. The Morgan fingerprint density at radius 2 is 1.77 bits per heavy atom. The van der Waals surface area contributed by atoms with E-state index < -0.39 is 29.1 Å². The van der Waals surface area contributed by atoms with Crippen LogP contribution in [0.1, 0.15) is 25.3 Å². The van der Waals surface area contributed by atoms with Gasteiger partial charge < -0.3 is 9.73 Å². The van der Waals surface area contributed by atoms with Crippen molar-refractivity contribution in [2.75, 3.05) is 0 Å². The van der Waals surface area contributed by atoms with Crippen LogP contribution in [0.15, 0.2) is 63.8 Å². The van der Waals surface area contributed by atoms with Crippen molar-refractivity contribution in [3.63, 3.8) is 0 Å². The van der Waals surface area contributed by atoms with Crippen LogP contribution in [0.25, 0.3) is 11.1 Å². The van der Waals surface area contributed by atoms with Gasteiger partial charge in [-0.1, -0.05) is 49.4 Å². The van der Waals surface area contributed by atoms with Gasteiger partial charge in [-0.3, -0.25) is 19.6 Å². The number of oxazole rings is 1. The molecule has 1 saturated heterocycles. The first-order valence-electron chi connectivity index (χ1n) is 9.56. The van der Waals surface area contributed by atoms with Gasteiger partial charge in [0.15, 0.2) is 5.58 Å². The third-order valence-corrected chi connectivity index (χ3v) is 5.26. The van der Waals surface area contributed by atoms with E-state index in [0.717, 1.165) is 0 Å². The zero-order valence-electron chi connectivity index (χ0n) is 16.3. The Kier molecular flexibility index (Phi) is 4.86. The molecular formula is C21H20N4O5. The van der Waals surface area contributed by atoms with Crippen molar-refractivity contribution in [1.82, 2.24) is 20.3 Å². The van der Waals surface area contributed by atoms with E-state index in [1.807, 2.05) is 6.07 Å². The predicted molar refractivity (Wildman–Crippen MR) is 107 cm³/mol. The van der Waals surface area contributed by atoms with Crippen molar-refractivity contribution in [2.24, 2.45) is 0 Å². The van der Waals surface area contributed by atoms with E-state index in [0.29, 0.717) is 28.1 Å². The lowest BCUT2D eigenvalue weighted by Gasteiger charge is -2.25. The number of carbonyl (C=O) groups is 3. The first-order chi connectivity index (χ1) is 14.5. The Morgan fingerprint density at radius 3 is 2.50 bits per heavy atom. The summed E-state index contributed by atoms with van der Waals surface area (Å²) in [5, 5.41) is 3.40. The average molecular weight is 408 g/mol. The third-order valence-electron chi connectivity index (χ3n) is 5.26. The fourth-order valence-electron chi connectivity index (χ4n) is 3.66. The lowest BCUT2D eigenvalue weighted by atomic mass is 9.87. The number of amides is 4. The lowest BCUT2D eigenvalue weighted by Crippen LogP contribution is -2.48. The maximum absolute atomic E-state index is 13.0. The number of aromatic nitrogens is 1. The molecule has 0 radical (unpaired) electrons. The van der Waals surface area contributed by atoms with Gasteiger partial charge in [0.25, 0.3) is 5.91 Å². The highest BCUT2D eigenvalue weighted by Gasteiger charge is 2.52. The Labute approximate surface area is 171 Å². The second-order valence-electron chi connectivity index (χ2n) is 6.97. The van der Waals surface area contributed by atoms with Crippen LogP contribution >= 0.6 is 0 Å². The van der Waals surface area contributed by atoms with Gasteiger partial charge in [0.2, 0.25) is 5.91 Å². The van der Waals surface area contributed by atoms with Crippen molar-refractivity contribution < 1.29 is 18.8 Å². The van der Waals surface area contributed by atoms with Crippen LogP contribution in [-0.4, -0.2) is 27.4 Å². The average Bonchev–Trinajstić information content (AvgIpc) is 3.21. The smallest absolute Gasteiger partial charge is 0.408 e. The van der Waals surface area contributed by atoms with E-state index in [9.17, 15) is 19.2 Å². The van der Waals surface area contributed by atoms with Gasteiger partial charge in [-0.15, -0.1) is 0 Å². The summed E-state index contributed by atoms with van der Waals surface area (Å²) >= 11 is 0. The molecule has 0 unspecified atom stereocenters. The molecule has 2 aromatic carbocycles. The number of benzene rings is 2. The zero-order valence-corrected chi connectivity index (χ0v) is 16.3. The SMILES string of the molecule is CC[C@@]1(c2ccccc2)NC(=O)N(NC(=O)CCn2c(=O)oc3ccccc32)C1=O. The summed E-state index contributed by atoms with van der Waals surface area (Å²) in [6, 6.07) is 15.1. The predicted octanol–water partition coefficient (Wildman–Crippen LogP) is 1.87. The van der Waals surface area contributed by atoms with Crippen LogP contribution in [0.3, 0.4) is 0 Å². The van der Waals surface area contributed by atoms with E-state index in [-0.39, 0.29) is 13.0 Å². The van der Waals surface area contributed by atoms with E-state index in [4.69, 9.17) is 4.42 Å². The number of hydrogen-bond donors (Lipinski definition) is 2. The van der Waals surface area contributed by atoms with E-state index >= 15 is 0 Å². The fraction of sp³-hybridized carbons (Fsp3) is 0.238. The fourth-order valence-corrected chi connectivity index (χ4v) is 3.66. The number of para-hydroxylation sites is 2. The first kappa shape index (κ1) is 19.4. The molecule has 1 aliphatic rings.